The molecule has 13 heavy (non-hydrogen) atoms. The van der Waals surface area contributed by atoms with Gasteiger partial charge in [0.2, 0.25) is 0 Å². The van der Waals surface area contributed by atoms with Crippen LogP contribution < -0.4 is 0 Å². The number of hydrogen-bond acceptors (Lipinski definition) is 2. The first-order valence-electron chi connectivity index (χ1n) is 3.99. The summed E-state index contributed by atoms with van der Waals surface area (Å²) in [6.07, 6.45) is -3.82. The lowest BCUT2D eigenvalue weighted by Crippen LogP contribution is -2.35. The number of halogens is 3. The first kappa shape index (κ1) is 12.3. The van der Waals surface area contributed by atoms with Crippen molar-refractivity contribution >= 4 is 5.97 Å². The summed E-state index contributed by atoms with van der Waals surface area (Å²) in [6.45, 7) is 4.73. The summed E-state index contributed by atoms with van der Waals surface area (Å²) in [5.74, 6) is -2.12. The van der Waals surface area contributed by atoms with Crippen LogP contribution in [0.2, 0.25) is 0 Å². The van der Waals surface area contributed by atoms with Crippen LogP contribution >= 0.6 is 0 Å². The summed E-state index contributed by atoms with van der Waals surface area (Å²) >= 11 is 0. The first-order valence-corrected chi connectivity index (χ1v) is 3.99. The van der Waals surface area contributed by atoms with Crippen molar-refractivity contribution in [1.29, 1.82) is 0 Å². The number of hydrogen-bond donors (Lipinski definition) is 0. The van der Waals surface area contributed by atoms with Gasteiger partial charge in [0, 0.05) is 0 Å². The molecule has 0 fully saturated rings. The largest absolute Gasteiger partial charge is 0.490 e. The number of carbonyl (C=O) groups excluding carboxylic acids is 1. The van der Waals surface area contributed by atoms with Crippen LogP contribution in [-0.2, 0) is 9.53 Å². The van der Waals surface area contributed by atoms with E-state index in [1.54, 1.807) is 0 Å². The maximum atomic E-state index is 11.7. The zero-order chi connectivity index (χ0) is 10.7. The monoisotopic (exact) mass is 198 g/mol. The Morgan fingerprint density at radius 2 is 1.77 bits per heavy atom. The highest BCUT2D eigenvalue weighted by Gasteiger charge is 2.43. The molecule has 0 atom stereocenters. The molecule has 0 aliphatic rings. The van der Waals surface area contributed by atoms with E-state index in [9.17, 15) is 18.0 Å². The molecule has 0 heterocycles. The molecule has 2 nitrogen and oxygen atoms in total. The molecule has 0 radical (unpaired) electrons. The Kier molecular flexibility index (Phi) is 3.75. The van der Waals surface area contributed by atoms with Crippen LogP contribution in [-0.4, -0.2) is 17.7 Å². The van der Waals surface area contributed by atoms with Crippen LogP contribution in [0.25, 0.3) is 0 Å². The fourth-order valence-corrected chi connectivity index (χ4v) is 0.962. The van der Waals surface area contributed by atoms with Crippen LogP contribution in [0, 0.1) is 0 Å². The van der Waals surface area contributed by atoms with Gasteiger partial charge in [0.15, 0.2) is 0 Å². The zero-order valence-electron chi connectivity index (χ0n) is 7.86. The smallest absolute Gasteiger partial charge is 0.453 e. The molecule has 0 unspecified atom stereocenters. The SMILES string of the molecule is CCCC(C)(C)OC(=O)C(F)(F)F. The van der Waals surface area contributed by atoms with E-state index in [0.29, 0.717) is 12.8 Å². The van der Waals surface area contributed by atoms with Gasteiger partial charge in [-0.25, -0.2) is 4.79 Å². The molecule has 0 aromatic rings. The van der Waals surface area contributed by atoms with E-state index in [1.807, 2.05) is 6.92 Å². The third-order valence-corrected chi connectivity index (χ3v) is 1.45. The van der Waals surface area contributed by atoms with Crippen molar-refractivity contribution in [2.75, 3.05) is 0 Å². The second-order valence-electron chi connectivity index (χ2n) is 3.40. The van der Waals surface area contributed by atoms with Gasteiger partial charge in [-0.3, -0.25) is 0 Å². The molecule has 0 rings (SSSR count). The predicted molar refractivity (Wildman–Crippen MR) is 41.1 cm³/mol. The Morgan fingerprint density at radius 3 is 2.08 bits per heavy atom. The van der Waals surface area contributed by atoms with E-state index in [4.69, 9.17) is 0 Å². The standard InChI is InChI=1S/C8H13F3O2/c1-4-5-7(2,3)13-6(12)8(9,10)11/h4-5H2,1-3H3. The molecular formula is C8H13F3O2. The average Bonchev–Trinajstić information content (AvgIpc) is 1.83. The topological polar surface area (TPSA) is 26.3 Å². The van der Waals surface area contributed by atoms with E-state index in [0.717, 1.165) is 0 Å². The predicted octanol–water partition coefficient (Wildman–Crippen LogP) is 2.67. The highest BCUT2D eigenvalue weighted by atomic mass is 19.4. The molecule has 0 saturated carbocycles. The van der Waals surface area contributed by atoms with Gasteiger partial charge in [-0.2, -0.15) is 13.2 Å². The van der Waals surface area contributed by atoms with Crippen molar-refractivity contribution in [3.63, 3.8) is 0 Å². The summed E-state index contributed by atoms with van der Waals surface area (Å²) in [5, 5.41) is 0. The normalized spacial score (nSPS) is 12.8. The molecule has 0 aromatic carbocycles. The molecule has 0 spiro atoms. The summed E-state index contributed by atoms with van der Waals surface area (Å²) in [7, 11) is 0. The minimum atomic E-state index is -4.90. The van der Waals surface area contributed by atoms with Crippen molar-refractivity contribution in [1.82, 2.24) is 0 Å². The van der Waals surface area contributed by atoms with E-state index in [2.05, 4.69) is 4.74 Å². The highest BCUT2D eigenvalue weighted by molar-refractivity contribution is 5.76. The molecule has 0 bridgehead atoms. The number of rotatable bonds is 3. The third kappa shape index (κ3) is 4.75. The maximum absolute atomic E-state index is 11.7. The quantitative estimate of drug-likeness (QED) is 0.651. The molecule has 0 aromatic heterocycles. The second kappa shape index (κ2) is 3.98. The summed E-state index contributed by atoms with van der Waals surface area (Å²) in [6, 6.07) is 0. The molecule has 0 aliphatic heterocycles. The lowest BCUT2D eigenvalue weighted by molar-refractivity contribution is -0.211. The number of carbonyl (C=O) groups is 1. The summed E-state index contributed by atoms with van der Waals surface area (Å²) in [4.78, 5) is 10.4. The van der Waals surface area contributed by atoms with Gasteiger partial charge >= 0.3 is 12.1 Å². The van der Waals surface area contributed by atoms with Crippen molar-refractivity contribution in [3.8, 4) is 0 Å². The minimum Gasteiger partial charge on any atom is -0.453 e. The number of ether oxygens (including phenoxy) is 1. The first-order chi connectivity index (χ1) is 5.69. The van der Waals surface area contributed by atoms with E-state index in [1.165, 1.54) is 13.8 Å². The van der Waals surface area contributed by atoms with Crippen molar-refractivity contribution in [2.45, 2.75) is 45.4 Å². The van der Waals surface area contributed by atoms with Crippen molar-refractivity contribution in [3.05, 3.63) is 0 Å². The van der Waals surface area contributed by atoms with Crippen LogP contribution in [0.3, 0.4) is 0 Å². The maximum Gasteiger partial charge on any atom is 0.490 e. The van der Waals surface area contributed by atoms with Crippen LogP contribution in [0.5, 0.6) is 0 Å². The molecule has 0 aliphatic carbocycles. The van der Waals surface area contributed by atoms with Crippen LogP contribution in [0.1, 0.15) is 33.6 Å². The third-order valence-electron chi connectivity index (χ3n) is 1.45. The average molecular weight is 198 g/mol. The molecule has 0 N–H and O–H groups in total. The van der Waals surface area contributed by atoms with E-state index in [-0.39, 0.29) is 0 Å². The number of esters is 1. The summed E-state index contributed by atoms with van der Waals surface area (Å²) < 4.78 is 39.5. The molecule has 0 amide bonds. The molecule has 78 valence electrons. The second-order valence-corrected chi connectivity index (χ2v) is 3.40. The van der Waals surface area contributed by atoms with Crippen molar-refractivity contribution in [2.24, 2.45) is 0 Å². The van der Waals surface area contributed by atoms with Gasteiger partial charge in [-0.05, 0) is 20.3 Å². The Morgan fingerprint density at radius 1 is 1.31 bits per heavy atom. The number of alkyl halides is 3. The zero-order valence-corrected chi connectivity index (χ0v) is 7.86. The van der Waals surface area contributed by atoms with Gasteiger partial charge < -0.3 is 4.74 Å². The van der Waals surface area contributed by atoms with Gasteiger partial charge in [0.1, 0.15) is 5.60 Å². The van der Waals surface area contributed by atoms with E-state index < -0.39 is 17.7 Å². The highest BCUT2D eigenvalue weighted by Crippen LogP contribution is 2.23. The van der Waals surface area contributed by atoms with Crippen LogP contribution in [0.15, 0.2) is 0 Å². The Bertz CT molecular complexity index is 184. The Labute approximate surface area is 75.1 Å². The summed E-state index contributed by atoms with van der Waals surface area (Å²) in [5.41, 5.74) is -1.04. The Hall–Kier alpha value is -0.740. The lowest BCUT2D eigenvalue weighted by atomic mass is 10.0. The van der Waals surface area contributed by atoms with E-state index >= 15 is 0 Å². The van der Waals surface area contributed by atoms with Gasteiger partial charge in [0.05, 0.1) is 0 Å². The van der Waals surface area contributed by atoms with Crippen molar-refractivity contribution < 1.29 is 22.7 Å². The Balaban J connectivity index is 4.20. The molecule has 5 heteroatoms. The molecular weight excluding hydrogens is 185 g/mol. The lowest BCUT2D eigenvalue weighted by Gasteiger charge is -2.24. The molecule has 0 saturated heterocycles. The fraction of sp³-hybridized carbons (Fsp3) is 0.875. The van der Waals surface area contributed by atoms with Gasteiger partial charge in [-0.15, -0.1) is 0 Å². The van der Waals surface area contributed by atoms with Gasteiger partial charge in [0.25, 0.3) is 0 Å². The minimum absolute atomic E-state index is 0.412. The van der Waals surface area contributed by atoms with Gasteiger partial charge in [-0.1, -0.05) is 13.3 Å². The van der Waals surface area contributed by atoms with Crippen LogP contribution in [0.4, 0.5) is 13.2 Å². The fourth-order valence-electron chi connectivity index (χ4n) is 0.962.